The third-order valence-electron chi connectivity index (χ3n) is 4.01. The van der Waals surface area contributed by atoms with Crippen LogP contribution in [-0.2, 0) is 0 Å². The summed E-state index contributed by atoms with van der Waals surface area (Å²) < 4.78 is 0. The second-order valence-electron chi connectivity index (χ2n) is 5.50. The first-order valence-electron chi connectivity index (χ1n) is 7.38. The SMILES string of the molecule is CCN(CC1CCNCC1)C(=O)c1ccc(Cl)c(C)c1. The van der Waals surface area contributed by atoms with E-state index in [0.717, 1.165) is 50.1 Å². The quantitative estimate of drug-likeness (QED) is 0.925. The van der Waals surface area contributed by atoms with Crippen LogP contribution >= 0.6 is 11.6 Å². The molecule has 0 aromatic heterocycles. The molecule has 0 aliphatic carbocycles. The van der Waals surface area contributed by atoms with E-state index < -0.39 is 0 Å². The zero-order valence-electron chi connectivity index (χ0n) is 12.3. The lowest BCUT2D eigenvalue weighted by molar-refractivity contribution is 0.0726. The summed E-state index contributed by atoms with van der Waals surface area (Å²) in [5.74, 6) is 0.736. The zero-order chi connectivity index (χ0) is 14.5. The van der Waals surface area contributed by atoms with Gasteiger partial charge in [-0.25, -0.2) is 0 Å². The molecule has 110 valence electrons. The van der Waals surface area contributed by atoms with Crippen molar-refractivity contribution >= 4 is 17.5 Å². The summed E-state index contributed by atoms with van der Waals surface area (Å²) in [6.07, 6.45) is 2.31. The lowest BCUT2D eigenvalue weighted by Gasteiger charge is -2.29. The Bertz CT molecular complexity index is 470. The van der Waals surface area contributed by atoms with E-state index in [4.69, 9.17) is 11.6 Å². The molecule has 1 aromatic carbocycles. The van der Waals surface area contributed by atoms with E-state index in [-0.39, 0.29) is 5.91 Å². The minimum Gasteiger partial charge on any atom is -0.339 e. The van der Waals surface area contributed by atoms with Gasteiger partial charge in [-0.2, -0.15) is 0 Å². The van der Waals surface area contributed by atoms with E-state index in [2.05, 4.69) is 5.32 Å². The van der Waals surface area contributed by atoms with Crippen molar-refractivity contribution < 1.29 is 4.79 Å². The van der Waals surface area contributed by atoms with Crippen molar-refractivity contribution in [3.63, 3.8) is 0 Å². The summed E-state index contributed by atoms with van der Waals surface area (Å²) >= 11 is 6.02. The van der Waals surface area contributed by atoms with E-state index in [1.807, 2.05) is 36.9 Å². The summed E-state index contributed by atoms with van der Waals surface area (Å²) in [7, 11) is 0. The predicted octanol–water partition coefficient (Wildman–Crippen LogP) is 3.11. The highest BCUT2D eigenvalue weighted by atomic mass is 35.5. The van der Waals surface area contributed by atoms with Gasteiger partial charge < -0.3 is 10.2 Å². The normalized spacial score (nSPS) is 16.1. The Labute approximate surface area is 126 Å². The monoisotopic (exact) mass is 294 g/mol. The van der Waals surface area contributed by atoms with Gasteiger partial charge in [0.1, 0.15) is 0 Å². The van der Waals surface area contributed by atoms with Crippen LogP contribution in [0.4, 0.5) is 0 Å². The van der Waals surface area contributed by atoms with Gasteiger partial charge in [0.2, 0.25) is 0 Å². The van der Waals surface area contributed by atoms with E-state index in [1.54, 1.807) is 0 Å². The number of carbonyl (C=O) groups is 1. The molecule has 3 nitrogen and oxygen atoms in total. The lowest BCUT2D eigenvalue weighted by atomic mass is 9.97. The number of hydrogen-bond donors (Lipinski definition) is 1. The molecule has 0 atom stereocenters. The molecule has 1 fully saturated rings. The molecule has 1 aromatic rings. The first-order chi connectivity index (χ1) is 9.61. The van der Waals surface area contributed by atoms with Gasteiger partial charge >= 0.3 is 0 Å². The third kappa shape index (κ3) is 3.74. The third-order valence-corrected chi connectivity index (χ3v) is 4.44. The predicted molar refractivity (Wildman–Crippen MR) is 83.4 cm³/mol. The molecule has 0 spiro atoms. The van der Waals surface area contributed by atoms with Gasteiger partial charge in [-0.1, -0.05) is 11.6 Å². The van der Waals surface area contributed by atoms with Crippen LogP contribution < -0.4 is 5.32 Å². The molecule has 4 heteroatoms. The Morgan fingerprint density at radius 2 is 2.10 bits per heavy atom. The van der Waals surface area contributed by atoms with Crippen LogP contribution in [0, 0.1) is 12.8 Å². The van der Waals surface area contributed by atoms with Crippen molar-refractivity contribution in [2.24, 2.45) is 5.92 Å². The van der Waals surface area contributed by atoms with Gasteiger partial charge in [0, 0.05) is 23.7 Å². The number of halogens is 1. The molecule has 1 amide bonds. The molecular formula is C16H23ClN2O. The molecule has 1 aliphatic heterocycles. The average Bonchev–Trinajstić information content (AvgIpc) is 2.48. The molecule has 1 saturated heterocycles. The Morgan fingerprint density at radius 1 is 1.40 bits per heavy atom. The number of amides is 1. The maximum atomic E-state index is 12.6. The van der Waals surface area contributed by atoms with Gasteiger partial charge in [0.25, 0.3) is 5.91 Å². The number of nitrogens with zero attached hydrogens (tertiary/aromatic N) is 1. The highest BCUT2D eigenvalue weighted by Crippen LogP contribution is 2.19. The molecule has 0 saturated carbocycles. The zero-order valence-corrected chi connectivity index (χ0v) is 13.0. The van der Waals surface area contributed by atoms with Crippen molar-refractivity contribution in [2.45, 2.75) is 26.7 Å². The number of aryl methyl sites for hydroxylation is 1. The Balaban J connectivity index is 2.05. The van der Waals surface area contributed by atoms with E-state index >= 15 is 0 Å². The van der Waals surface area contributed by atoms with Crippen molar-refractivity contribution in [1.29, 1.82) is 0 Å². The molecule has 1 heterocycles. The van der Waals surface area contributed by atoms with Gasteiger partial charge in [-0.05, 0) is 69.5 Å². The molecule has 2 rings (SSSR count). The molecular weight excluding hydrogens is 272 g/mol. The van der Waals surface area contributed by atoms with Crippen LogP contribution in [-0.4, -0.2) is 37.0 Å². The highest BCUT2D eigenvalue weighted by molar-refractivity contribution is 6.31. The van der Waals surface area contributed by atoms with Crippen molar-refractivity contribution in [1.82, 2.24) is 10.2 Å². The first kappa shape index (κ1) is 15.3. The number of nitrogens with one attached hydrogen (secondary N) is 1. The van der Waals surface area contributed by atoms with Gasteiger partial charge in [-0.15, -0.1) is 0 Å². The fraction of sp³-hybridized carbons (Fsp3) is 0.562. The van der Waals surface area contributed by atoms with Crippen LogP contribution in [0.25, 0.3) is 0 Å². The summed E-state index contributed by atoms with van der Waals surface area (Å²) in [4.78, 5) is 14.5. The standard InChI is InChI=1S/C16H23ClN2O/c1-3-19(11-13-6-8-18-9-7-13)16(20)14-4-5-15(17)12(2)10-14/h4-5,10,13,18H,3,6-9,11H2,1-2H3. The van der Waals surface area contributed by atoms with Crippen molar-refractivity contribution in [2.75, 3.05) is 26.2 Å². The number of hydrogen-bond acceptors (Lipinski definition) is 2. The van der Waals surface area contributed by atoms with E-state index in [9.17, 15) is 4.79 Å². The van der Waals surface area contributed by atoms with E-state index in [1.165, 1.54) is 0 Å². The van der Waals surface area contributed by atoms with Crippen LogP contribution in [0.3, 0.4) is 0 Å². The number of carbonyl (C=O) groups excluding carboxylic acids is 1. The smallest absolute Gasteiger partial charge is 0.253 e. The fourth-order valence-corrected chi connectivity index (χ4v) is 2.81. The largest absolute Gasteiger partial charge is 0.339 e. The molecule has 20 heavy (non-hydrogen) atoms. The molecule has 0 unspecified atom stereocenters. The van der Waals surface area contributed by atoms with Crippen LogP contribution in [0.15, 0.2) is 18.2 Å². The minimum atomic E-state index is 0.116. The van der Waals surface area contributed by atoms with Gasteiger partial charge in [0.15, 0.2) is 0 Å². The number of piperidine rings is 1. The summed E-state index contributed by atoms with van der Waals surface area (Å²) in [5.41, 5.74) is 1.69. The summed E-state index contributed by atoms with van der Waals surface area (Å²) in [6.45, 7) is 7.72. The van der Waals surface area contributed by atoms with Gasteiger partial charge in [-0.3, -0.25) is 4.79 Å². The molecule has 0 radical (unpaired) electrons. The van der Waals surface area contributed by atoms with E-state index in [0.29, 0.717) is 10.9 Å². The Kier molecular flexibility index (Phi) is 5.44. The fourth-order valence-electron chi connectivity index (χ4n) is 2.69. The van der Waals surface area contributed by atoms with Gasteiger partial charge in [0.05, 0.1) is 0 Å². The first-order valence-corrected chi connectivity index (χ1v) is 7.75. The highest BCUT2D eigenvalue weighted by Gasteiger charge is 2.20. The summed E-state index contributed by atoms with van der Waals surface area (Å²) in [5, 5.41) is 4.07. The van der Waals surface area contributed by atoms with Crippen LogP contribution in [0.1, 0.15) is 35.7 Å². The number of benzene rings is 1. The maximum Gasteiger partial charge on any atom is 0.253 e. The van der Waals surface area contributed by atoms with Crippen LogP contribution in [0.5, 0.6) is 0 Å². The Hall–Kier alpha value is -1.06. The lowest BCUT2D eigenvalue weighted by Crippen LogP contribution is -2.39. The topological polar surface area (TPSA) is 32.3 Å². The second-order valence-corrected chi connectivity index (χ2v) is 5.91. The van der Waals surface area contributed by atoms with Crippen molar-refractivity contribution in [3.05, 3.63) is 34.3 Å². The minimum absolute atomic E-state index is 0.116. The maximum absolute atomic E-state index is 12.6. The Morgan fingerprint density at radius 3 is 2.70 bits per heavy atom. The number of rotatable bonds is 4. The molecule has 1 N–H and O–H groups in total. The molecule has 1 aliphatic rings. The second kappa shape index (κ2) is 7.09. The van der Waals surface area contributed by atoms with Crippen molar-refractivity contribution in [3.8, 4) is 0 Å². The van der Waals surface area contributed by atoms with Crippen LogP contribution in [0.2, 0.25) is 5.02 Å². The summed E-state index contributed by atoms with van der Waals surface area (Å²) in [6, 6.07) is 5.51. The molecule has 0 bridgehead atoms. The average molecular weight is 295 g/mol.